The molecule has 0 radical (unpaired) electrons. The largest absolute Gasteiger partial charge is 0.481 e. The van der Waals surface area contributed by atoms with E-state index in [0.717, 1.165) is 19.3 Å². The first-order valence-electron chi connectivity index (χ1n) is 8.91. The highest BCUT2D eigenvalue weighted by molar-refractivity contribution is 5.77. The lowest BCUT2D eigenvalue weighted by molar-refractivity contribution is -0.140. The number of carbonyl (C=O) groups is 4. The molecule has 26 heavy (non-hydrogen) atoms. The third kappa shape index (κ3) is 13.2. The van der Waals surface area contributed by atoms with Gasteiger partial charge in [-0.15, -0.1) is 0 Å². The number of rotatable bonds is 16. The summed E-state index contributed by atoms with van der Waals surface area (Å²) in [6.07, 6.45) is 2.56. The Labute approximate surface area is 153 Å². The Morgan fingerprint density at radius 1 is 0.654 bits per heavy atom. The predicted molar refractivity (Wildman–Crippen MR) is 93.9 cm³/mol. The van der Waals surface area contributed by atoms with E-state index in [0.29, 0.717) is 13.0 Å². The number of carboxylic acid groups (broad SMARTS) is 3. The Bertz CT molecular complexity index is 450. The molecule has 0 aromatic rings. The molecule has 9 heteroatoms. The maximum absolute atomic E-state index is 12.3. The van der Waals surface area contributed by atoms with E-state index in [1.54, 1.807) is 4.90 Å². The van der Waals surface area contributed by atoms with E-state index >= 15 is 0 Å². The van der Waals surface area contributed by atoms with E-state index in [4.69, 9.17) is 15.3 Å². The van der Waals surface area contributed by atoms with Gasteiger partial charge in [-0.25, -0.2) is 0 Å². The molecule has 0 bridgehead atoms. The second-order valence-corrected chi connectivity index (χ2v) is 6.11. The van der Waals surface area contributed by atoms with Crippen molar-refractivity contribution in [3.8, 4) is 0 Å². The summed E-state index contributed by atoms with van der Waals surface area (Å²) in [4.78, 5) is 47.7. The Balaban J connectivity index is 4.71. The van der Waals surface area contributed by atoms with Crippen LogP contribution in [0, 0.1) is 0 Å². The third-order valence-corrected chi connectivity index (χ3v) is 3.91. The van der Waals surface area contributed by atoms with Crippen molar-refractivity contribution in [1.82, 2.24) is 9.80 Å². The average Bonchev–Trinajstić information content (AvgIpc) is 2.55. The van der Waals surface area contributed by atoms with Gasteiger partial charge >= 0.3 is 17.9 Å². The highest BCUT2D eigenvalue weighted by Crippen LogP contribution is 2.05. The SMILES string of the molecule is CCCCCC(=O)N(CCC(=O)O)CCN(CCC(=O)O)CCC(=O)O. The van der Waals surface area contributed by atoms with E-state index in [1.807, 2.05) is 6.92 Å². The minimum Gasteiger partial charge on any atom is -0.481 e. The van der Waals surface area contributed by atoms with E-state index in [9.17, 15) is 19.2 Å². The van der Waals surface area contributed by atoms with Gasteiger partial charge in [0.15, 0.2) is 0 Å². The van der Waals surface area contributed by atoms with Crippen LogP contribution in [0.2, 0.25) is 0 Å². The van der Waals surface area contributed by atoms with Gasteiger partial charge in [0.1, 0.15) is 0 Å². The van der Waals surface area contributed by atoms with Crippen LogP contribution in [0.25, 0.3) is 0 Å². The molecule has 0 saturated carbocycles. The van der Waals surface area contributed by atoms with Gasteiger partial charge in [-0.3, -0.25) is 19.2 Å². The van der Waals surface area contributed by atoms with Crippen molar-refractivity contribution in [2.24, 2.45) is 0 Å². The Hall–Kier alpha value is -2.16. The summed E-state index contributed by atoms with van der Waals surface area (Å²) < 4.78 is 0. The zero-order valence-corrected chi connectivity index (χ0v) is 15.4. The molecule has 0 aliphatic heterocycles. The molecule has 0 rings (SSSR count). The number of unbranched alkanes of at least 4 members (excludes halogenated alkanes) is 2. The first-order chi connectivity index (χ1) is 12.3. The van der Waals surface area contributed by atoms with E-state index in [1.165, 1.54) is 4.90 Å². The van der Waals surface area contributed by atoms with Crippen molar-refractivity contribution in [1.29, 1.82) is 0 Å². The average molecular weight is 374 g/mol. The molecule has 150 valence electrons. The fourth-order valence-electron chi connectivity index (χ4n) is 2.38. The summed E-state index contributed by atoms with van der Waals surface area (Å²) in [5.41, 5.74) is 0. The summed E-state index contributed by atoms with van der Waals surface area (Å²) in [6, 6.07) is 0. The smallest absolute Gasteiger partial charge is 0.305 e. The number of carboxylic acids is 3. The van der Waals surface area contributed by atoms with Crippen molar-refractivity contribution in [3.63, 3.8) is 0 Å². The molecule has 0 spiro atoms. The number of aliphatic carboxylic acids is 3. The molecule has 0 aliphatic carbocycles. The third-order valence-electron chi connectivity index (χ3n) is 3.91. The van der Waals surface area contributed by atoms with Gasteiger partial charge < -0.3 is 25.1 Å². The van der Waals surface area contributed by atoms with Crippen molar-refractivity contribution in [2.45, 2.75) is 51.9 Å². The summed E-state index contributed by atoms with van der Waals surface area (Å²) in [5, 5.41) is 26.4. The molecule has 1 amide bonds. The maximum Gasteiger partial charge on any atom is 0.305 e. The molecule has 0 saturated heterocycles. The second kappa shape index (κ2) is 14.1. The number of carbonyl (C=O) groups excluding carboxylic acids is 1. The molecule has 0 aromatic heterocycles. The zero-order chi connectivity index (χ0) is 19.9. The van der Waals surface area contributed by atoms with Crippen LogP contribution in [0.4, 0.5) is 0 Å². The summed E-state index contributed by atoms with van der Waals surface area (Å²) in [6.45, 7) is 3.03. The van der Waals surface area contributed by atoms with Gasteiger partial charge in [-0.05, 0) is 6.42 Å². The van der Waals surface area contributed by atoms with E-state index in [-0.39, 0.29) is 51.3 Å². The van der Waals surface area contributed by atoms with Crippen LogP contribution >= 0.6 is 0 Å². The first-order valence-corrected chi connectivity index (χ1v) is 8.91. The van der Waals surface area contributed by atoms with E-state index < -0.39 is 17.9 Å². The predicted octanol–water partition coefficient (Wildman–Crippen LogP) is 1.12. The molecule has 9 nitrogen and oxygen atoms in total. The Morgan fingerprint density at radius 2 is 1.15 bits per heavy atom. The van der Waals surface area contributed by atoms with Gasteiger partial charge in [0.25, 0.3) is 0 Å². The van der Waals surface area contributed by atoms with Crippen LogP contribution in [0.5, 0.6) is 0 Å². The lowest BCUT2D eigenvalue weighted by Crippen LogP contribution is -2.41. The molecule has 0 heterocycles. The van der Waals surface area contributed by atoms with Crippen LogP contribution in [0.1, 0.15) is 51.9 Å². The summed E-state index contributed by atoms with van der Waals surface area (Å²) >= 11 is 0. The standard InChI is InChI=1S/C17H30N2O7/c1-2-3-4-5-14(20)19(11-8-17(25)26)13-12-18(9-6-15(21)22)10-7-16(23)24/h2-13H2,1H3,(H,21,22)(H,23,24)(H,25,26). The van der Waals surface area contributed by atoms with Gasteiger partial charge in [-0.1, -0.05) is 19.8 Å². The second-order valence-electron chi connectivity index (χ2n) is 6.11. The van der Waals surface area contributed by atoms with Crippen LogP contribution in [0.15, 0.2) is 0 Å². The molecule has 0 aliphatic rings. The quantitative estimate of drug-likeness (QED) is 0.342. The van der Waals surface area contributed by atoms with Crippen LogP contribution in [-0.4, -0.2) is 81.7 Å². The van der Waals surface area contributed by atoms with Crippen molar-refractivity contribution >= 4 is 23.8 Å². The normalized spacial score (nSPS) is 10.7. The fourth-order valence-corrected chi connectivity index (χ4v) is 2.38. The highest BCUT2D eigenvalue weighted by Gasteiger charge is 2.17. The van der Waals surface area contributed by atoms with Crippen molar-refractivity contribution < 1.29 is 34.5 Å². The molecule has 0 aromatic carbocycles. The maximum atomic E-state index is 12.3. The molecule has 3 N–H and O–H groups in total. The number of hydrogen-bond acceptors (Lipinski definition) is 5. The van der Waals surface area contributed by atoms with Gasteiger partial charge in [0.05, 0.1) is 19.3 Å². The van der Waals surface area contributed by atoms with E-state index in [2.05, 4.69) is 0 Å². The topological polar surface area (TPSA) is 135 Å². The lowest BCUT2D eigenvalue weighted by atomic mass is 10.2. The monoisotopic (exact) mass is 374 g/mol. The summed E-state index contributed by atoms with van der Waals surface area (Å²) in [7, 11) is 0. The molecular formula is C17H30N2O7. The molecule has 0 unspecified atom stereocenters. The van der Waals surface area contributed by atoms with Gasteiger partial charge in [0, 0.05) is 39.1 Å². The minimum absolute atomic E-state index is 0.0893. The van der Waals surface area contributed by atoms with Crippen LogP contribution in [-0.2, 0) is 19.2 Å². The van der Waals surface area contributed by atoms with Crippen molar-refractivity contribution in [3.05, 3.63) is 0 Å². The molecule has 0 fully saturated rings. The Kier molecular flexibility index (Phi) is 12.9. The highest BCUT2D eigenvalue weighted by atomic mass is 16.4. The fraction of sp³-hybridized carbons (Fsp3) is 0.765. The van der Waals surface area contributed by atoms with Crippen molar-refractivity contribution in [2.75, 3.05) is 32.7 Å². The molecular weight excluding hydrogens is 344 g/mol. The Morgan fingerprint density at radius 3 is 1.62 bits per heavy atom. The van der Waals surface area contributed by atoms with Gasteiger partial charge in [0.2, 0.25) is 5.91 Å². The zero-order valence-electron chi connectivity index (χ0n) is 15.4. The number of nitrogens with zero attached hydrogens (tertiary/aromatic N) is 2. The number of hydrogen-bond donors (Lipinski definition) is 3. The molecule has 0 atom stereocenters. The summed E-state index contributed by atoms with van der Waals surface area (Å²) in [5.74, 6) is -3.09. The lowest BCUT2D eigenvalue weighted by Gasteiger charge is -2.27. The number of amides is 1. The first kappa shape index (κ1) is 23.8. The van der Waals surface area contributed by atoms with Gasteiger partial charge in [-0.2, -0.15) is 0 Å². The van der Waals surface area contributed by atoms with Crippen LogP contribution < -0.4 is 0 Å². The van der Waals surface area contributed by atoms with Crippen LogP contribution in [0.3, 0.4) is 0 Å². The minimum atomic E-state index is -0.995.